The highest BCUT2D eigenvalue weighted by Crippen LogP contribution is 2.20. The second-order valence-corrected chi connectivity index (χ2v) is 5.79. The highest BCUT2D eigenvalue weighted by molar-refractivity contribution is 6.30. The molecule has 2 N–H and O–H groups in total. The molecule has 1 fully saturated rings. The zero-order valence-corrected chi connectivity index (χ0v) is 13.2. The molecule has 2 rings (SSSR count). The number of halogens is 1. The Balaban J connectivity index is 1.76. The van der Waals surface area contributed by atoms with Gasteiger partial charge in [-0.25, -0.2) is 0 Å². The maximum atomic E-state index is 12.0. The van der Waals surface area contributed by atoms with Crippen molar-refractivity contribution in [2.45, 2.75) is 38.3 Å². The molecule has 0 aromatic heterocycles. The molecule has 1 saturated heterocycles. The second kappa shape index (κ2) is 8.37. The van der Waals surface area contributed by atoms with Crippen LogP contribution < -0.4 is 10.6 Å². The molecule has 0 unspecified atom stereocenters. The summed E-state index contributed by atoms with van der Waals surface area (Å²) in [5, 5.41) is 6.88. The monoisotopic (exact) mass is 310 g/mol. The van der Waals surface area contributed by atoms with Gasteiger partial charge >= 0.3 is 0 Å². The van der Waals surface area contributed by atoms with Gasteiger partial charge in [0.15, 0.2) is 0 Å². The molecule has 1 aliphatic rings. The van der Waals surface area contributed by atoms with Crippen molar-refractivity contribution in [2.75, 3.05) is 19.7 Å². The van der Waals surface area contributed by atoms with E-state index in [2.05, 4.69) is 10.6 Å². The third-order valence-electron chi connectivity index (χ3n) is 3.68. The summed E-state index contributed by atoms with van der Waals surface area (Å²) in [7, 11) is 0. The standard InChI is InChI=1S/C16H23ClN2O2/c1-2-15(12-5-3-6-13(17)9-12)19-16(20)11-18-10-14-7-4-8-21-14/h3,5-6,9,14-15,18H,2,4,7-8,10-11H2,1H3,(H,19,20)/t14-,15+/m1/s1. The maximum Gasteiger partial charge on any atom is 0.234 e. The Kier molecular flexibility index (Phi) is 6.49. The van der Waals surface area contributed by atoms with Gasteiger partial charge in [-0.2, -0.15) is 0 Å². The van der Waals surface area contributed by atoms with Gasteiger partial charge in [0, 0.05) is 18.2 Å². The number of rotatable bonds is 7. The molecule has 0 bridgehead atoms. The highest BCUT2D eigenvalue weighted by Gasteiger charge is 2.16. The van der Waals surface area contributed by atoms with Crippen molar-refractivity contribution in [1.82, 2.24) is 10.6 Å². The van der Waals surface area contributed by atoms with Crippen LogP contribution in [0.5, 0.6) is 0 Å². The van der Waals surface area contributed by atoms with Gasteiger partial charge in [-0.1, -0.05) is 30.7 Å². The van der Waals surface area contributed by atoms with E-state index in [1.807, 2.05) is 31.2 Å². The molecule has 1 heterocycles. The summed E-state index contributed by atoms with van der Waals surface area (Å²) in [5.41, 5.74) is 1.04. The average molecular weight is 311 g/mol. The van der Waals surface area contributed by atoms with Crippen molar-refractivity contribution in [3.05, 3.63) is 34.9 Å². The number of carbonyl (C=O) groups is 1. The van der Waals surface area contributed by atoms with Crippen molar-refractivity contribution < 1.29 is 9.53 Å². The van der Waals surface area contributed by atoms with E-state index in [0.717, 1.165) is 38.0 Å². The molecule has 116 valence electrons. The summed E-state index contributed by atoms with van der Waals surface area (Å²) < 4.78 is 5.51. The van der Waals surface area contributed by atoms with E-state index >= 15 is 0 Å². The minimum Gasteiger partial charge on any atom is -0.377 e. The van der Waals surface area contributed by atoms with Crippen LogP contribution in [0.3, 0.4) is 0 Å². The van der Waals surface area contributed by atoms with E-state index in [9.17, 15) is 4.79 Å². The molecule has 5 heteroatoms. The number of benzene rings is 1. The molecular formula is C16H23ClN2O2. The van der Waals surface area contributed by atoms with E-state index in [1.54, 1.807) is 0 Å². The zero-order chi connectivity index (χ0) is 15.1. The number of ether oxygens (including phenoxy) is 1. The fourth-order valence-electron chi connectivity index (χ4n) is 2.54. The second-order valence-electron chi connectivity index (χ2n) is 5.35. The van der Waals surface area contributed by atoms with Gasteiger partial charge in [0.1, 0.15) is 0 Å². The summed E-state index contributed by atoms with van der Waals surface area (Å²) >= 11 is 6.00. The van der Waals surface area contributed by atoms with Gasteiger partial charge in [-0.05, 0) is 37.0 Å². The number of hydrogen-bond acceptors (Lipinski definition) is 3. The number of hydrogen-bond donors (Lipinski definition) is 2. The van der Waals surface area contributed by atoms with Crippen molar-refractivity contribution in [2.24, 2.45) is 0 Å². The summed E-state index contributed by atoms with van der Waals surface area (Å²) in [5.74, 6) is -0.000164. The summed E-state index contributed by atoms with van der Waals surface area (Å²) in [4.78, 5) is 12.0. The Morgan fingerprint density at radius 2 is 2.38 bits per heavy atom. The lowest BCUT2D eigenvalue weighted by molar-refractivity contribution is -0.121. The Bertz CT molecular complexity index is 461. The van der Waals surface area contributed by atoms with E-state index in [1.165, 1.54) is 0 Å². The average Bonchev–Trinajstić information content (AvgIpc) is 2.98. The zero-order valence-electron chi connectivity index (χ0n) is 12.4. The van der Waals surface area contributed by atoms with Gasteiger partial charge in [-0.3, -0.25) is 4.79 Å². The van der Waals surface area contributed by atoms with Crippen LogP contribution in [-0.4, -0.2) is 31.7 Å². The van der Waals surface area contributed by atoms with E-state index in [4.69, 9.17) is 16.3 Å². The molecule has 0 saturated carbocycles. The van der Waals surface area contributed by atoms with Crippen LogP contribution in [0.1, 0.15) is 37.8 Å². The predicted molar refractivity (Wildman–Crippen MR) is 84.5 cm³/mol. The normalized spacial score (nSPS) is 19.4. The number of carbonyl (C=O) groups excluding carboxylic acids is 1. The topological polar surface area (TPSA) is 50.4 Å². The van der Waals surface area contributed by atoms with Gasteiger partial charge in [-0.15, -0.1) is 0 Å². The molecule has 0 spiro atoms. The molecule has 21 heavy (non-hydrogen) atoms. The van der Waals surface area contributed by atoms with Gasteiger partial charge < -0.3 is 15.4 Å². The van der Waals surface area contributed by atoms with E-state index < -0.39 is 0 Å². The van der Waals surface area contributed by atoms with Crippen LogP contribution >= 0.6 is 11.6 Å². The molecule has 4 nitrogen and oxygen atoms in total. The molecular weight excluding hydrogens is 288 g/mol. The maximum absolute atomic E-state index is 12.0. The highest BCUT2D eigenvalue weighted by atomic mass is 35.5. The quantitative estimate of drug-likeness (QED) is 0.814. The first-order valence-electron chi connectivity index (χ1n) is 7.56. The first-order valence-corrected chi connectivity index (χ1v) is 7.94. The van der Waals surface area contributed by atoms with Gasteiger partial charge in [0.05, 0.1) is 18.7 Å². The van der Waals surface area contributed by atoms with Gasteiger partial charge in [0.25, 0.3) is 0 Å². The number of amides is 1. The van der Waals surface area contributed by atoms with Crippen LogP contribution in [0.2, 0.25) is 5.02 Å². The van der Waals surface area contributed by atoms with Gasteiger partial charge in [0.2, 0.25) is 5.91 Å². The molecule has 1 aromatic rings. The minimum absolute atomic E-state index is 0.000164. The molecule has 0 radical (unpaired) electrons. The number of nitrogens with one attached hydrogen (secondary N) is 2. The Morgan fingerprint density at radius 3 is 3.05 bits per heavy atom. The SMILES string of the molecule is CC[C@H](NC(=O)CNC[C@H]1CCCO1)c1cccc(Cl)c1. The first kappa shape index (κ1) is 16.3. The van der Waals surface area contributed by atoms with Crippen LogP contribution in [0.4, 0.5) is 0 Å². The Labute approximate surface area is 131 Å². The van der Waals surface area contributed by atoms with Crippen LogP contribution in [0, 0.1) is 0 Å². The lowest BCUT2D eigenvalue weighted by atomic mass is 10.0. The summed E-state index contributed by atoms with van der Waals surface area (Å²) in [6, 6.07) is 7.63. The first-order chi connectivity index (χ1) is 10.2. The molecule has 2 atom stereocenters. The van der Waals surface area contributed by atoms with E-state index in [0.29, 0.717) is 11.6 Å². The largest absolute Gasteiger partial charge is 0.377 e. The van der Waals surface area contributed by atoms with Crippen LogP contribution in [0.25, 0.3) is 0 Å². The lowest BCUT2D eigenvalue weighted by Crippen LogP contribution is -2.38. The minimum atomic E-state index is -0.000164. The van der Waals surface area contributed by atoms with Crippen molar-refractivity contribution in [3.8, 4) is 0 Å². The van der Waals surface area contributed by atoms with Crippen LogP contribution in [-0.2, 0) is 9.53 Å². The third kappa shape index (κ3) is 5.30. The molecule has 1 aromatic carbocycles. The summed E-state index contributed by atoms with van der Waals surface area (Å²) in [6.45, 7) is 3.94. The molecule has 0 aliphatic carbocycles. The Hall–Kier alpha value is -1.10. The lowest BCUT2D eigenvalue weighted by Gasteiger charge is -2.18. The van der Waals surface area contributed by atoms with Crippen molar-refractivity contribution in [1.29, 1.82) is 0 Å². The summed E-state index contributed by atoms with van der Waals surface area (Å²) in [6.07, 6.45) is 3.28. The van der Waals surface area contributed by atoms with Crippen molar-refractivity contribution >= 4 is 17.5 Å². The smallest absolute Gasteiger partial charge is 0.234 e. The Morgan fingerprint density at radius 1 is 1.52 bits per heavy atom. The fourth-order valence-corrected chi connectivity index (χ4v) is 2.74. The predicted octanol–water partition coefficient (Wildman–Crippen LogP) is 2.68. The molecule has 1 amide bonds. The fraction of sp³-hybridized carbons (Fsp3) is 0.562. The molecule has 1 aliphatic heterocycles. The third-order valence-corrected chi connectivity index (χ3v) is 3.91. The van der Waals surface area contributed by atoms with Crippen LogP contribution in [0.15, 0.2) is 24.3 Å². The van der Waals surface area contributed by atoms with E-state index in [-0.39, 0.29) is 18.1 Å². The van der Waals surface area contributed by atoms with Crippen molar-refractivity contribution in [3.63, 3.8) is 0 Å².